The molecule has 14 heavy (non-hydrogen) atoms. The molecule has 0 bridgehead atoms. The van der Waals surface area contributed by atoms with Crippen molar-refractivity contribution in [1.82, 2.24) is 4.98 Å². The summed E-state index contributed by atoms with van der Waals surface area (Å²) in [7, 11) is 0. The molecule has 1 rings (SSSR count). The van der Waals surface area contributed by atoms with Gasteiger partial charge in [0.25, 0.3) is 0 Å². The van der Waals surface area contributed by atoms with Gasteiger partial charge in [0.15, 0.2) is 5.13 Å². The van der Waals surface area contributed by atoms with Crippen LogP contribution in [0.1, 0.15) is 20.8 Å². The highest BCUT2D eigenvalue weighted by molar-refractivity contribution is 9.10. The number of hydrogen-bond acceptors (Lipinski definition) is 4. The molecule has 5 heteroatoms. The van der Waals surface area contributed by atoms with E-state index in [4.69, 9.17) is 4.74 Å². The number of anilines is 1. The van der Waals surface area contributed by atoms with Crippen molar-refractivity contribution in [3.63, 3.8) is 0 Å². The summed E-state index contributed by atoms with van der Waals surface area (Å²) >= 11 is 4.90. The molecule has 80 valence electrons. The van der Waals surface area contributed by atoms with Crippen LogP contribution in [0.2, 0.25) is 0 Å². The molecule has 0 unspecified atom stereocenters. The zero-order valence-electron chi connectivity index (χ0n) is 8.63. The highest BCUT2D eigenvalue weighted by Crippen LogP contribution is 2.20. The summed E-state index contributed by atoms with van der Waals surface area (Å²) in [5.41, 5.74) is -0.146. The Hall–Kier alpha value is -0.130. The molecule has 0 amide bonds. The van der Waals surface area contributed by atoms with Crippen molar-refractivity contribution in [2.24, 2.45) is 0 Å². The topological polar surface area (TPSA) is 34.1 Å². The van der Waals surface area contributed by atoms with Crippen LogP contribution < -0.4 is 5.32 Å². The molecule has 0 aliphatic carbocycles. The number of aromatic nitrogens is 1. The summed E-state index contributed by atoms with van der Waals surface area (Å²) in [4.78, 5) is 4.24. The molecule has 0 fully saturated rings. The Balaban J connectivity index is 2.40. The van der Waals surface area contributed by atoms with Crippen LogP contribution in [-0.2, 0) is 4.74 Å². The number of nitrogens with zero attached hydrogens (tertiary/aromatic N) is 1. The summed E-state index contributed by atoms with van der Waals surface area (Å²) in [6.45, 7) is 7.62. The van der Waals surface area contributed by atoms with E-state index in [1.54, 1.807) is 11.3 Å². The van der Waals surface area contributed by atoms with Crippen LogP contribution in [0, 0.1) is 0 Å². The van der Waals surface area contributed by atoms with Gasteiger partial charge < -0.3 is 10.1 Å². The summed E-state index contributed by atoms with van der Waals surface area (Å²) in [6, 6.07) is 0. The Labute approximate surface area is 97.0 Å². The van der Waals surface area contributed by atoms with Crippen molar-refractivity contribution in [2.45, 2.75) is 26.4 Å². The molecular weight excluding hydrogens is 264 g/mol. The number of ether oxygens (including phenoxy) is 1. The molecule has 0 aliphatic heterocycles. The quantitative estimate of drug-likeness (QED) is 0.899. The summed E-state index contributed by atoms with van der Waals surface area (Å²) in [5, 5.41) is 6.12. The Morgan fingerprint density at radius 2 is 2.36 bits per heavy atom. The highest BCUT2D eigenvalue weighted by Gasteiger charge is 2.17. The molecule has 0 saturated carbocycles. The van der Waals surface area contributed by atoms with Gasteiger partial charge in [-0.3, -0.25) is 0 Å². The smallest absolute Gasteiger partial charge is 0.183 e. The van der Waals surface area contributed by atoms with E-state index in [9.17, 15) is 0 Å². The minimum Gasteiger partial charge on any atom is -0.374 e. The van der Waals surface area contributed by atoms with Gasteiger partial charge in [0.1, 0.15) is 4.60 Å². The molecule has 1 aromatic heterocycles. The second kappa shape index (κ2) is 5.09. The zero-order chi connectivity index (χ0) is 10.6. The van der Waals surface area contributed by atoms with E-state index in [-0.39, 0.29) is 5.60 Å². The number of nitrogens with one attached hydrogen (secondary N) is 1. The number of hydrogen-bond donors (Lipinski definition) is 1. The first-order chi connectivity index (χ1) is 6.53. The second-order valence-electron chi connectivity index (χ2n) is 3.52. The average Bonchev–Trinajstić information content (AvgIpc) is 2.48. The summed E-state index contributed by atoms with van der Waals surface area (Å²) < 4.78 is 6.43. The van der Waals surface area contributed by atoms with Gasteiger partial charge in [-0.05, 0) is 36.7 Å². The molecule has 0 radical (unpaired) electrons. The van der Waals surface area contributed by atoms with Crippen LogP contribution in [0.5, 0.6) is 0 Å². The predicted molar refractivity (Wildman–Crippen MR) is 64.0 cm³/mol. The first kappa shape index (κ1) is 11.9. The Kier molecular flexibility index (Phi) is 4.34. The third-order valence-corrected chi connectivity index (χ3v) is 3.19. The van der Waals surface area contributed by atoms with E-state index in [1.165, 1.54) is 0 Å². The standard InChI is InChI=1S/C9H15BrN2OS/c1-4-13-9(2,3)6-11-8-12-7(10)5-14-8/h5H,4,6H2,1-3H3,(H,11,12). The lowest BCUT2D eigenvalue weighted by Gasteiger charge is -2.24. The first-order valence-corrected chi connectivity index (χ1v) is 6.19. The maximum Gasteiger partial charge on any atom is 0.183 e. The van der Waals surface area contributed by atoms with Crippen molar-refractivity contribution in [3.05, 3.63) is 9.98 Å². The van der Waals surface area contributed by atoms with Crippen molar-refractivity contribution < 1.29 is 4.74 Å². The van der Waals surface area contributed by atoms with Crippen LogP contribution in [0.3, 0.4) is 0 Å². The van der Waals surface area contributed by atoms with E-state index in [1.807, 2.05) is 12.3 Å². The van der Waals surface area contributed by atoms with E-state index in [2.05, 4.69) is 40.1 Å². The predicted octanol–water partition coefficient (Wildman–Crippen LogP) is 3.13. The molecule has 0 aliphatic rings. The molecule has 0 saturated heterocycles. The maximum absolute atomic E-state index is 5.56. The molecule has 1 heterocycles. The molecule has 0 aromatic carbocycles. The van der Waals surface area contributed by atoms with Crippen LogP contribution in [-0.4, -0.2) is 23.7 Å². The normalized spacial score (nSPS) is 11.7. The van der Waals surface area contributed by atoms with Crippen LogP contribution in [0.15, 0.2) is 9.98 Å². The van der Waals surface area contributed by atoms with Crippen molar-refractivity contribution in [2.75, 3.05) is 18.5 Å². The Morgan fingerprint density at radius 3 is 2.86 bits per heavy atom. The zero-order valence-corrected chi connectivity index (χ0v) is 11.0. The van der Waals surface area contributed by atoms with Crippen LogP contribution in [0.25, 0.3) is 0 Å². The summed E-state index contributed by atoms with van der Waals surface area (Å²) in [6.07, 6.45) is 0. The molecule has 0 atom stereocenters. The lowest BCUT2D eigenvalue weighted by atomic mass is 10.1. The maximum atomic E-state index is 5.56. The Morgan fingerprint density at radius 1 is 1.64 bits per heavy atom. The lowest BCUT2D eigenvalue weighted by Crippen LogP contribution is -2.33. The molecule has 1 N–H and O–H groups in total. The fourth-order valence-corrected chi connectivity index (χ4v) is 2.21. The van der Waals surface area contributed by atoms with Gasteiger partial charge in [0, 0.05) is 18.5 Å². The largest absolute Gasteiger partial charge is 0.374 e. The van der Waals surface area contributed by atoms with Crippen molar-refractivity contribution >= 4 is 32.4 Å². The van der Waals surface area contributed by atoms with Gasteiger partial charge in [-0.25, -0.2) is 4.98 Å². The monoisotopic (exact) mass is 278 g/mol. The van der Waals surface area contributed by atoms with Crippen LogP contribution in [0.4, 0.5) is 5.13 Å². The number of halogens is 1. The number of thiazole rings is 1. The van der Waals surface area contributed by atoms with Gasteiger partial charge in [0.05, 0.1) is 5.60 Å². The number of rotatable bonds is 5. The van der Waals surface area contributed by atoms with E-state index < -0.39 is 0 Å². The molecule has 0 spiro atoms. The van der Waals surface area contributed by atoms with E-state index in [0.29, 0.717) is 0 Å². The van der Waals surface area contributed by atoms with Crippen molar-refractivity contribution in [3.8, 4) is 0 Å². The first-order valence-electron chi connectivity index (χ1n) is 4.52. The van der Waals surface area contributed by atoms with Gasteiger partial charge >= 0.3 is 0 Å². The van der Waals surface area contributed by atoms with Gasteiger partial charge in [0.2, 0.25) is 0 Å². The molecule has 1 aromatic rings. The second-order valence-corrected chi connectivity index (χ2v) is 5.19. The Bertz CT molecular complexity index is 288. The van der Waals surface area contributed by atoms with Gasteiger partial charge in [-0.1, -0.05) is 0 Å². The van der Waals surface area contributed by atoms with Crippen LogP contribution >= 0.6 is 27.3 Å². The fourth-order valence-electron chi connectivity index (χ4n) is 1.07. The van der Waals surface area contributed by atoms with E-state index in [0.717, 1.165) is 22.9 Å². The lowest BCUT2D eigenvalue weighted by molar-refractivity contribution is 0.000695. The SMILES string of the molecule is CCOC(C)(C)CNc1nc(Br)cs1. The molecular formula is C9H15BrN2OS. The van der Waals surface area contributed by atoms with Crippen molar-refractivity contribution in [1.29, 1.82) is 0 Å². The van der Waals surface area contributed by atoms with Gasteiger partial charge in [-0.2, -0.15) is 0 Å². The van der Waals surface area contributed by atoms with Gasteiger partial charge in [-0.15, -0.1) is 11.3 Å². The minimum absolute atomic E-state index is 0.146. The highest BCUT2D eigenvalue weighted by atomic mass is 79.9. The third-order valence-electron chi connectivity index (χ3n) is 1.68. The average molecular weight is 279 g/mol. The minimum atomic E-state index is -0.146. The third kappa shape index (κ3) is 3.94. The van der Waals surface area contributed by atoms with E-state index >= 15 is 0 Å². The molecule has 3 nitrogen and oxygen atoms in total. The fraction of sp³-hybridized carbons (Fsp3) is 0.667. The summed E-state index contributed by atoms with van der Waals surface area (Å²) in [5.74, 6) is 0.